The number of rotatable bonds is 6. The van der Waals surface area contributed by atoms with Crippen molar-refractivity contribution in [2.24, 2.45) is 0 Å². The molecule has 0 saturated carbocycles. The van der Waals surface area contributed by atoms with Gasteiger partial charge < -0.3 is 5.32 Å². The van der Waals surface area contributed by atoms with Crippen molar-refractivity contribution >= 4 is 45.7 Å². The van der Waals surface area contributed by atoms with Gasteiger partial charge in [-0.15, -0.1) is 11.3 Å². The van der Waals surface area contributed by atoms with Crippen LogP contribution in [0.25, 0.3) is 11.3 Å². The Hall–Kier alpha value is -1.96. The average molecular weight is 377 g/mol. The number of carbonyl (C=O) groups is 1. The van der Waals surface area contributed by atoms with Crippen molar-refractivity contribution in [3.8, 4) is 11.3 Å². The van der Waals surface area contributed by atoms with E-state index in [0.29, 0.717) is 27.5 Å². The number of nitrogens with zero attached hydrogens (tertiary/aromatic N) is 3. The maximum atomic E-state index is 12.0. The van der Waals surface area contributed by atoms with Gasteiger partial charge >= 0.3 is 0 Å². The molecule has 0 atom stereocenters. The third-order valence-corrected chi connectivity index (χ3v) is 4.97. The maximum Gasteiger partial charge on any atom is 0.226 e. The van der Waals surface area contributed by atoms with E-state index in [4.69, 9.17) is 11.6 Å². The van der Waals surface area contributed by atoms with Crippen LogP contribution >= 0.6 is 34.7 Å². The van der Waals surface area contributed by atoms with Crippen LogP contribution in [0.2, 0.25) is 5.02 Å². The van der Waals surface area contributed by atoms with Crippen LogP contribution in [0.1, 0.15) is 6.42 Å². The van der Waals surface area contributed by atoms with Crippen LogP contribution < -0.4 is 5.32 Å². The second-order valence-corrected chi connectivity index (χ2v) is 7.02. The quantitative estimate of drug-likeness (QED) is 0.511. The van der Waals surface area contributed by atoms with E-state index in [-0.39, 0.29) is 5.91 Å². The second kappa shape index (κ2) is 8.23. The summed E-state index contributed by atoms with van der Waals surface area (Å²) >= 11 is 8.99. The second-order valence-electron chi connectivity index (χ2n) is 4.70. The molecule has 0 aliphatic carbocycles. The van der Waals surface area contributed by atoms with E-state index in [1.54, 1.807) is 18.5 Å². The Bertz CT molecular complexity index is 826. The number of benzene rings is 1. The van der Waals surface area contributed by atoms with Crippen molar-refractivity contribution in [3.63, 3.8) is 0 Å². The summed E-state index contributed by atoms with van der Waals surface area (Å²) in [5.74, 6) is 0.525. The normalized spacial score (nSPS) is 10.5. The number of amides is 1. The summed E-state index contributed by atoms with van der Waals surface area (Å²) in [6.45, 7) is 0. The Morgan fingerprint density at radius 3 is 2.79 bits per heavy atom. The van der Waals surface area contributed by atoms with E-state index >= 15 is 0 Å². The number of anilines is 1. The molecule has 0 unspecified atom stereocenters. The zero-order chi connectivity index (χ0) is 16.8. The van der Waals surface area contributed by atoms with Gasteiger partial charge in [0.2, 0.25) is 5.91 Å². The Morgan fingerprint density at radius 1 is 1.21 bits per heavy atom. The molecule has 5 nitrogen and oxygen atoms in total. The van der Waals surface area contributed by atoms with Crippen LogP contribution in [-0.4, -0.2) is 26.6 Å². The summed E-state index contributed by atoms with van der Waals surface area (Å²) < 4.78 is 0. The molecule has 2 heterocycles. The Morgan fingerprint density at radius 2 is 2.00 bits per heavy atom. The third-order valence-electron chi connectivity index (χ3n) is 3.00. The van der Waals surface area contributed by atoms with Crippen LogP contribution in [0.4, 0.5) is 5.13 Å². The topological polar surface area (TPSA) is 67.8 Å². The minimum Gasteiger partial charge on any atom is -0.302 e. The lowest BCUT2D eigenvalue weighted by Crippen LogP contribution is -2.12. The van der Waals surface area contributed by atoms with E-state index < -0.39 is 0 Å². The van der Waals surface area contributed by atoms with Gasteiger partial charge in [-0.3, -0.25) is 4.79 Å². The molecule has 0 spiro atoms. The number of thioether (sulfide) groups is 1. The fourth-order valence-electron chi connectivity index (χ4n) is 1.90. The SMILES string of the molecule is O=C(CCSc1ncccn1)Nc1nc(-c2ccccc2Cl)cs1. The largest absolute Gasteiger partial charge is 0.302 e. The number of thiazole rings is 1. The van der Waals surface area contributed by atoms with Gasteiger partial charge in [-0.05, 0) is 12.1 Å². The summed E-state index contributed by atoms with van der Waals surface area (Å²) in [6, 6.07) is 9.25. The number of hydrogen-bond donors (Lipinski definition) is 1. The summed E-state index contributed by atoms with van der Waals surface area (Å²) in [6.07, 6.45) is 3.73. The van der Waals surface area contributed by atoms with Gasteiger partial charge in [0.15, 0.2) is 10.3 Å². The molecular weight excluding hydrogens is 364 g/mol. The highest BCUT2D eigenvalue weighted by Gasteiger charge is 2.10. The average Bonchev–Trinajstić information content (AvgIpc) is 3.04. The molecule has 0 radical (unpaired) electrons. The zero-order valence-electron chi connectivity index (χ0n) is 12.5. The fourth-order valence-corrected chi connectivity index (χ4v) is 3.60. The van der Waals surface area contributed by atoms with Crippen molar-refractivity contribution in [2.75, 3.05) is 11.1 Å². The molecule has 0 fully saturated rings. The maximum absolute atomic E-state index is 12.0. The third kappa shape index (κ3) is 4.53. The van der Waals surface area contributed by atoms with Gasteiger partial charge in [0.25, 0.3) is 0 Å². The lowest BCUT2D eigenvalue weighted by atomic mass is 10.2. The molecule has 3 aromatic rings. The monoisotopic (exact) mass is 376 g/mol. The molecule has 0 aliphatic heterocycles. The van der Waals surface area contributed by atoms with Crippen LogP contribution in [0.3, 0.4) is 0 Å². The van der Waals surface area contributed by atoms with Crippen LogP contribution in [0.15, 0.2) is 53.3 Å². The standard InChI is InChI=1S/C16H13ClN4OS2/c17-12-5-2-1-4-11(12)13-10-24-16(20-13)21-14(22)6-9-23-15-18-7-3-8-19-15/h1-5,7-8,10H,6,9H2,(H,20,21,22). The van der Waals surface area contributed by atoms with Gasteiger partial charge in [0.1, 0.15) is 0 Å². The van der Waals surface area contributed by atoms with Crippen molar-refractivity contribution in [1.29, 1.82) is 0 Å². The first kappa shape index (κ1) is 16.9. The van der Waals surface area contributed by atoms with Crippen molar-refractivity contribution in [1.82, 2.24) is 15.0 Å². The molecule has 1 amide bonds. The number of nitrogens with one attached hydrogen (secondary N) is 1. The number of carbonyl (C=O) groups excluding carboxylic acids is 1. The van der Waals surface area contributed by atoms with E-state index in [2.05, 4.69) is 20.3 Å². The summed E-state index contributed by atoms with van der Waals surface area (Å²) in [4.78, 5) is 24.6. The number of halogens is 1. The van der Waals surface area contributed by atoms with Gasteiger partial charge in [0, 0.05) is 40.5 Å². The molecule has 0 bridgehead atoms. The number of aromatic nitrogens is 3. The summed E-state index contributed by atoms with van der Waals surface area (Å²) in [5.41, 5.74) is 1.61. The molecule has 0 aliphatic rings. The van der Waals surface area contributed by atoms with Gasteiger partial charge in [-0.1, -0.05) is 41.6 Å². The van der Waals surface area contributed by atoms with E-state index in [9.17, 15) is 4.79 Å². The van der Waals surface area contributed by atoms with Crippen LogP contribution in [0, 0.1) is 0 Å². The van der Waals surface area contributed by atoms with Crippen molar-refractivity contribution < 1.29 is 4.79 Å². The van der Waals surface area contributed by atoms with Gasteiger partial charge in [-0.2, -0.15) is 0 Å². The molecule has 2 aromatic heterocycles. The van der Waals surface area contributed by atoms with Crippen molar-refractivity contribution in [2.45, 2.75) is 11.6 Å². The highest BCUT2D eigenvalue weighted by Crippen LogP contribution is 2.30. The summed E-state index contributed by atoms with van der Waals surface area (Å²) in [7, 11) is 0. The number of hydrogen-bond acceptors (Lipinski definition) is 6. The van der Waals surface area contributed by atoms with Gasteiger partial charge in [-0.25, -0.2) is 15.0 Å². The first-order chi connectivity index (χ1) is 11.7. The minimum atomic E-state index is -0.0847. The Balaban J connectivity index is 1.53. The predicted octanol–water partition coefficient (Wildman–Crippen LogP) is 4.37. The molecule has 0 saturated heterocycles. The lowest BCUT2D eigenvalue weighted by molar-refractivity contribution is -0.115. The zero-order valence-corrected chi connectivity index (χ0v) is 14.9. The molecule has 3 rings (SSSR count). The van der Waals surface area contributed by atoms with E-state index in [0.717, 1.165) is 11.3 Å². The van der Waals surface area contributed by atoms with E-state index in [1.807, 2.05) is 29.6 Å². The highest BCUT2D eigenvalue weighted by atomic mass is 35.5. The lowest BCUT2D eigenvalue weighted by Gasteiger charge is -2.02. The molecule has 1 N–H and O–H groups in total. The molecular formula is C16H13ClN4OS2. The minimum absolute atomic E-state index is 0.0847. The summed E-state index contributed by atoms with van der Waals surface area (Å²) in [5, 5.41) is 6.56. The van der Waals surface area contributed by atoms with E-state index in [1.165, 1.54) is 23.1 Å². The fraction of sp³-hybridized carbons (Fsp3) is 0.125. The van der Waals surface area contributed by atoms with Crippen LogP contribution in [-0.2, 0) is 4.79 Å². The molecule has 24 heavy (non-hydrogen) atoms. The molecule has 8 heteroatoms. The predicted molar refractivity (Wildman–Crippen MR) is 98.6 cm³/mol. The molecule has 1 aromatic carbocycles. The smallest absolute Gasteiger partial charge is 0.226 e. The van der Waals surface area contributed by atoms with Crippen molar-refractivity contribution in [3.05, 3.63) is 53.1 Å². The first-order valence-corrected chi connectivity index (χ1v) is 9.37. The Labute approximate surface area is 152 Å². The highest BCUT2D eigenvalue weighted by molar-refractivity contribution is 7.99. The van der Waals surface area contributed by atoms with Crippen LogP contribution in [0.5, 0.6) is 0 Å². The first-order valence-electron chi connectivity index (χ1n) is 7.12. The Kier molecular flexibility index (Phi) is 5.79. The molecule has 122 valence electrons. The van der Waals surface area contributed by atoms with Gasteiger partial charge in [0.05, 0.1) is 5.69 Å².